The van der Waals surface area contributed by atoms with Gasteiger partial charge in [-0.2, -0.15) is 5.10 Å². The third-order valence-corrected chi connectivity index (χ3v) is 2.54. The molecule has 19 heavy (non-hydrogen) atoms. The monoisotopic (exact) mass is 261 g/mol. The smallest absolute Gasteiger partial charge is 0.358 e. The summed E-state index contributed by atoms with van der Waals surface area (Å²) in [5.41, 5.74) is 6.77. The summed E-state index contributed by atoms with van der Waals surface area (Å²) in [6.07, 6.45) is 0. The Bertz CT molecular complexity index is 575. The van der Waals surface area contributed by atoms with Crippen LogP contribution in [0, 0.1) is 0 Å². The number of anilines is 1. The van der Waals surface area contributed by atoms with E-state index in [1.54, 1.807) is 38.3 Å². The van der Waals surface area contributed by atoms with Crippen molar-refractivity contribution in [1.29, 1.82) is 0 Å². The van der Waals surface area contributed by atoms with E-state index < -0.39 is 5.97 Å². The highest BCUT2D eigenvalue weighted by Crippen LogP contribution is 2.18. The molecule has 6 nitrogen and oxygen atoms in total. The fraction of sp³-hybridized carbons (Fsp3) is 0.231. The molecule has 0 radical (unpaired) electrons. The summed E-state index contributed by atoms with van der Waals surface area (Å²) in [5, 5.41) is 4.13. The van der Waals surface area contributed by atoms with Crippen molar-refractivity contribution in [3.05, 3.63) is 36.0 Å². The first-order chi connectivity index (χ1) is 9.15. The number of esters is 1. The van der Waals surface area contributed by atoms with E-state index in [-0.39, 0.29) is 5.69 Å². The van der Waals surface area contributed by atoms with Crippen LogP contribution in [0.2, 0.25) is 0 Å². The van der Waals surface area contributed by atoms with Crippen LogP contribution in [0.1, 0.15) is 17.4 Å². The summed E-state index contributed by atoms with van der Waals surface area (Å²) in [6.45, 7) is 2.04. The molecule has 0 aliphatic rings. The molecule has 1 aromatic heterocycles. The lowest BCUT2D eigenvalue weighted by Crippen LogP contribution is -2.07. The molecule has 1 heterocycles. The molecular formula is C13H15N3O3. The van der Waals surface area contributed by atoms with E-state index in [1.165, 1.54) is 10.7 Å². The normalized spacial score (nSPS) is 10.2. The van der Waals surface area contributed by atoms with Crippen LogP contribution in [0.4, 0.5) is 5.82 Å². The van der Waals surface area contributed by atoms with Gasteiger partial charge >= 0.3 is 5.97 Å². The van der Waals surface area contributed by atoms with Crippen molar-refractivity contribution >= 4 is 11.8 Å². The summed E-state index contributed by atoms with van der Waals surface area (Å²) in [6, 6.07) is 8.68. The minimum absolute atomic E-state index is 0.190. The number of hydrogen-bond donors (Lipinski definition) is 1. The second kappa shape index (κ2) is 5.43. The second-order valence-corrected chi connectivity index (χ2v) is 3.78. The van der Waals surface area contributed by atoms with Crippen molar-refractivity contribution in [2.24, 2.45) is 0 Å². The molecule has 0 amide bonds. The van der Waals surface area contributed by atoms with E-state index >= 15 is 0 Å². The SMILES string of the molecule is CCOC(=O)c1cc(N)n(-c2ccc(OC)cc2)n1. The lowest BCUT2D eigenvalue weighted by molar-refractivity contribution is 0.0519. The Morgan fingerprint density at radius 1 is 1.37 bits per heavy atom. The van der Waals surface area contributed by atoms with Gasteiger partial charge in [0, 0.05) is 6.07 Å². The predicted molar refractivity (Wildman–Crippen MR) is 70.5 cm³/mol. The van der Waals surface area contributed by atoms with Gasteiger partial charge in [0.05, 0.1) is 19.4 Å². The zero-order valence-electron chi connectivity index (χ0n) is 10.8. The second-order valence-electron chi connectivity index (χ2n) is 3.78. The fourth-order valence-corrected chi connectivity index (χ4v) is 1.63. The van der Waals surface area contributed by atoms with Gasteiger partial charge in [-0.3, -0.25) is 0 Å². The number of nitrogens with two attached hydrogens (primary N) is 1. The van der Waals surface area contributed by atoms with Gasteiger partial charge in [-0.05, 0) is 31.2 Å². The molecular weight excluding hydrogens is 246 g/mol. The Labute approximate surface area is 110 Å². The first-order valence-electron chi connectivity index (χ1n) is 5.82. The number of methoxy groups -OCH3 is 1. The Morgan fingerprint density at radius 3 is 2.63 bits per heavy atom. The number of carbonyl (C=O) groups is 1. The average molecular weight is 261 g/mol. The topological polar surface area (TPSA) is 79.4 Å². The zero-order valence-corrected chi connectivity index (χ0v) is 10.8. The van der Waals surface area contributed by atoms with Crippen LogP contribution >= 0.6 is 0 Å². The number of hydrogen-bond acceptors (Lipinski definition) is 5. The van der Waals surface area contributed by atoms with Gasteiger partial charge in [0.25, 0.3) is 0 Å². The third-order valence-electron chi connectivity index (χ3n) is 2.54. The maximum atomic E-state index is 11.6. The summed E-state index contributed by atoms with van der Waals surface area (Å²) < 4.78 is 11.4. The van der Waals surface area contributed by atoms with Crippen LogP contribution < -0.4 is 10.5 Å². The standard InChI is InChI=1S/C13H15N3O3/c1-3-19-13(17)11-8-12(14)16(15-11)9-4-6-10(18-2)7-5-9/h4-8H,3,14H2,1-2H3. The highest BCUT2D eigenvalue weighted by atomic mass is 16.5. The van der Waals surface area contributed by atoms with Crippen LogP contribution in [0.25, 0.3) is 5.69 Å². The number of aromatic nitrogens is 2. The Hall–Kier alpha value is -2.50. The van der Waals surface area contributed by atoms with Gasteiger partial charge in [0.15, 0.2) is 5.69 Å². The third kappa shape index (κ3) is 2.67. The molecule has 100 valence electrons. The van der Waals surface area contributed by atoms with Gasteiger partial charge in [-0.1, -0.05) is 0 Å². The van der Waals surface area contributed by atoms with Crippen LogP contribution in [-0.2, 0) is 4.74 Å². The fourth-order valence-electron chi connectivity index (χ4n) is 1.63. The molecule has 0 aliphatic carbocycles. The quantitative estimate of drug-likeness (QED) is 0.846. The van der Waals surface area contributed by atoms with Crippen LogP contribution in [0.15, 0.2) is 30.3 Å². The minimum atomic E-state index is -0.485. The van der Waals surface area contributed by atoms with Gasteiger partial charge in [-0.25, -0.2) is 9.48 Å². The lowest BCUT2D eigenvalue weighted by atomic mass is 10.3. The van der Waals surface area contributed by atoms with E-state index in [4.69, 9.17) is 15.2 Å². The van der Waals surface area contributed by atoms with E-state index in [0.29, 0.717) is 12.4 Å². The molecule has 2 aromatic rings. The van der Waals surface area contributed by atoms with Gasteiger partial charge in [0.2, 0.25) is 0 Å². The molecule has 6 heteroatoms. The number of benzene rings is 1. The Balaban J connectivity index is 2.31. The van der Waals surface area contributed by atoms with E-state index in [1.807, 2.05) is 0 Å². The van der Waals surface area contributed by atoms with E-state index in [2.05, 4.69) is 5.10 Å². The molecule has 0 bridgehead atoms. The molecule has 0 atom stereocenters. The van der Waals surface area contributed by atoms with Crippen LogP contribution in [-0.4, -0.2) is 29.5 Å². The average Bonchev–Trinajstić information content (AvgIpc) is 2.81. The molecule has 0 fully saturated rings. The molecule has 1 aromatic carbocycles. The van der Waals surface area contributed by atoms with Crippen LogP contribution in [0.5, 0.6) is 5.75 Å². The first-order valence-corrected chi connectivity index (χ1v) is 5.82. The molecule has 2 rings (SSSR count). The Morgan fingerprint density at radius 2 is 2.05 bits per heavy atom. The first kappa shape index (κ1) is 12.9. The summed E-state index contributed by atoms with van der Waals surface area (Å²) in [4.78, 5) is 11.6. The number of carbonyl (C=O) groups excluding carboxylic acids is 1. The van der Waals surface area contributed by atoms with Crippen molar-refractivity contribution < 1.29 is 14.3 Å². The molecule has 0 aliphatic heterocycles. The molecule has 2 N–H and O–H groups in total. The molecule has 0 saturated carbocycles. The maximum absolute atomic E-state index is 11.6. The summed E-state index contributed by atoms with van der Waals surface area (Å²) in [7, 11) is 1.59. The van der Waals surface area contributed by atoms with Crippen molar-refractivity contribution in [3.8, 4) is 11.4 Å². The van der Waals surface area contributed by atoms with Gasteiger partial charge < -0.3 is 15.2 Å². The molecule has 0 saturated heterocycles. The number of nitrogens with zero attached hydrogens (tertiary/aromatic N) is 2. The number of nitrogen functional groups attached to an aromatic ring is 1. The van der Waals surface area contributed by atoms with Crippen molar-refractivity contribution in [2.45, 2.75) is 6.92 Å². The van der Waals surface area contributed by atoms with Crippen molar-refractivity contribution in [1.82, 2.24) is 9.78 Å². The van der Waals surface area contributed by atoms with E-state index in [0.717, 1.165) is 11.4 Å². The predicted octanol–water partition coefficient (Wildman–Crippen LogP) is 1.64. The largest absolute Gasteiger partial charge is 0.497 e. The number of ether oxygens (including phenoxy) is 2. The highest BCUT2D eigenvalue weighted by molar-refractivity contribution is 5.88. The maximum Gasteiger partial charge on any atom is 0.358 e. The number of rotatable bonds is 4. The summed E-state index contributed by atoms with van der Waals surface area (Å²) in [5.74, 6) is 0.620. The zero-order chi connectivity index (χ0) is 13.8. The van der Waals surface area contributed by atoms with Gasteiger partial charge in [-0.15, -0.1) is 0 Å². The van der Waals surface area contributed by atoms with E-state index in [9.17, 15) is 4.79 Å². The van der Waals surface area contributed by atoms with Crippen LogP contribution in [0.3, 0.4) is 0 Å². The summed E-state index contributed by atoms with van der Waals surface area (Å²) >= 11 is 0. The van der Waals surface area contributed by atoms with Gasteiger partial charge in [0.1, 0.15) is 11.6 Å². The Kier molecular flexibility index (Phi) is 3.70. The molecule has 0 unspecified atom stereocenters. The minimum Gasteiger partial charge on any atom is -0.497 e. The van der Waals surface area contributed by atoms with Crippen molar-refractivity contribution in [2.75, 3.05) is 19.5 Å². The van der Waals surface area contributed by atoms with Crippen molar-refractivity contribution in [3.63, 3.8) is 0 Å². The lowest BCUT2D eigenvalue weighted by Gasteiger charge is -2.05. The highest BCUT2D eigenvalue weighted by Gasteiger charge is 2.14. The molecule has 0 spiro atoms.